The highest BCUT2D eigenvalue weighted by Gasteiger charge is 2.18. The van der Waals surface area contributed by atoms with E-state index < -0.39 is 0 Å². The van der Waals surface area contributed by atoms with Crippen LogP contribution >= 0.6 is 35.3 Å². The van der Waals surface area contributed by atoms with E-state index in [2.05, 4.69) is 48.5 Å². The lowest BCUT2D eigenvalue weighted by Gasteiger charge is -2.25. The molecule has 0 spiro atoms. The van der Waals surface area contributed by atoms with Gasteiger partial charge in [0.25, 0.3) is 0 Å². The van der Waals surface area contributed by atoms with Crippen LogP contribution in [-0.4, -0.2) is 36.9 Å². The molecule has 2 nitrogen and oxygen atoms in total. The average molecular weight is 391 g/mol. The quantitative estimate of drug-likeness (QED) is 0.545. The minimum absolute atomic E-state index is 0.464. The van der Waals surface area contributed by atoms with Crippen molar-refractivity contribution < 1.29 is 9.47 Å². The van der Waals surface area contributed by atoms with Gasteiger partial charge in [0.2, 0.25) is 0 Å². The fourth-order valence-corrected chi connectivity index (χ4v) is 5.31. The Kier molecular flexibility index (Phi) is 6.32. The van der Waals surface area contributed by atoms with Crippen LogP contribution in [0.2, 0.25) is 0 Å². The molecular weight excluding hydrogens is 368 g/mol. The number of rotatable bonds is 8. The maximum atomic E-state index is 5.47. The van der Waals surface area contributed by atoms with Crippen LogP contribution in [0.3, 0.4) is 0 Å². The van der Waals surface area contributed by atoms with E-state index in [0.717, 1.165) is 24.7 Å². The summed E-state index contributed by atoms with van der Waals surface area (Å²) in [6.45, 7) is 1.87. The fourth-order valence-electron chi connectivity index (χ4n) is 2.55. The summed E-state index contributed by atoms with van der Waals surface area (Å²) in [5.41, 5.74) is 0. The summed E-state index contributed by atoms with van der Waals surface area (Å²) in [6.07, 6.45) is 3.35. The standard InChI is InChI=1S/C20H22O2S3/c1-5-19(6-2-17(1)23-13-15-9-11-21-15)25-20-7-3-18(4-8-20)24-14-16-10-12-22-16/h1-8,15-16H,9-14H2. The summed E-state index contributed by atoms with van der Waals surface area (Å²) in [7, 11) is 0. The second-order valence-electron chi connectivity index (χ2n) is 6.23. The van der Waals surface area contributed by atoms with Gasteiger partial charge in [-0.1, -0.05) is 11.8 Å². The predicted molar refractivity (Wildman–Crippen MR) is 107 cm³/mol. The molecule has 2 aliphatic rings. The van der Waals surface area contributed by atoms with Gasteiger partial charge < -0.3 is 9.47 Å². The third kappa shape index (κ3) is 5.20. The minimum atomic E-state index is 0.464. The molecule has 25 heavy (non-hydrogen) atoms. The van der Waals surface area contributed by atoms with Crippen LogP contribution in [0.25, 0.3) is 0 Å². The molecule has 0 aromatic heterocycles. The van der Waals surface area contributed by atoms with Crippen molar-refractivity contribution in [2.45, 2.75) is 44.6 Å². The van der Waals surface area contributed by atoms with Crippen molar-refractivity contribution in [3.05, 3.63) is 48.5 Å². The van der Waals surface area contributed by atoms with Gasteiger partial charge in [-0.25, -0.2) is 0 Å². The second-order valence-corrected chi connectivity index (χ2v) is 9.56. The molecule has 0 bridgehead atoms. The molecule has 2 aromatic rings. The second kappa shape index (κ2) is 8.87. The van der Waals surface area contributed by atoms with Crippen LogP contribution in [0, 0.1) is 0 Å². The monoisotopic (exact) mass is 390 g/mol. The van der Waals surface area contributed by atoms with Crippen molar-refractivity contribution in [2.24, 2.45) is 0 Å². The van der Waals surface area contributed by atoms with Gasteiger partial charge in [-0.15, -0.1) is 23.5 Å². The average Bonchev–Trinajstić information content (AvgIpc) is 2.55. The summed E-state index contributed by atoms with van der Waals surface area (Å²) in [5.74, 6) is 2.13. The molecule has 2 heterocycles. The molecule has 5 heteroatoms. The first-order chi connectivity index (χ1) is 12.3. The van der Waals surface area contributed by atoms with Crippen molar-refractivity contribution >= 4 is 35.3 Å². The van der Waals surface area contributed by atoms with Gasteiger partial charge in [-0.05, 0) is 61.4 Å². The van der Waals surface area contributed by atoms with E-state index in [1.54, 1.807) is 0 Å². The Balaban J connectivity index is 1.25. The molecule has 0 aliphatic carbocycles. The molecule has 0 amide bonds. The van der Waals surface area contributed by atoms with E-state index in [4.69, 9.17) is 9.47 Å². The Hall–Kier alpha value is -0.590. The maximum absolute atomic E-state index is 5.47. The molecule has 0 N–H and O–H groups in total. The third-order valence-corrected chi connectivity index (χ3v) is 7.65. The van der Waals surface area contributed by atoms with Gasteiger partial charge in [0.15, 0.2) is 0 Å². The molecule has 2 unspecified atom stereocenters. The number of hydrogen-bond acceptors (Lipinski definition) is 5. The van der Waals surface area contributed by atoms with E-state index in [0.29, 0.717) is 12.2 Å². The molecule has 2 saturated heterocycles. The zero-order valence-electron chi connectivity index (χ0n) is 14.1. The smallest absolute Gasteiger partial charge is 0.0690 e. The number of ether oxygens (including phenoxy) is 2. The van der Waals surface area contributed by atoms with E-state index >= 15 is 0 Å². The van der Waals surface area contributed by atoms with Crippen molar-refractivity contribution in [1.82, 2.24) is 0 Å². The highest BCUT2D eigenvalue weighted by molar-refractivity contribution is 8.00. The Labute approximate surface area is 162 Å². The molecule has 2 aliphatic heterocycles. The van der Waals surface area contributed by atoms with Crippen molar-refractivity contribution in [3.8, 4) is 0 Å². The lowest BCUT2D eigenvalue weighted by atomic mass is 10.2. The van der Waals surface area contributed by atoms with E-state index in [1.807, 2.05) is 35.3 Å². The van der Waals surface area contributed by atoms with Crippen LogP contribution in [0.15, 0.2) is 68.1 Å². The summed E-state index contributed by atoms with van der Waals surface area (Å²) in [6, 6.07) is 17.7. The van der Waals surface area contributed by atoms with Gasteiger partial charge in [-0.2, -0.15) is 0 Å². The number of thioether (sulfide) groups is 2. The van der Waals surface area contributed by atoms with Crippen LogP contribution in [0.1, 0.15) is 12.8 Å². The third-order valence-electron chi connectivity index (χ3n) is 4.34. The number of hydrogen-bond donors (Lipinski definition) is 0. The molecule has 2 atom stereocenters. The van der Waals surface area contributed by atoms with Gasteiger partial charge in [-0.3, -0.25) is 0 Å². The molecule has 2 fully saturated rings. The molecule has 132 valence electrons. The SMILES string of the molecule is c1cc(Sc2ccc(SCC3CCO3)cc2)ccc1SCC1CCO1. The summed E-state index contributed by atoms with van der Waals surface area (Å²) in [4.78, 5) is 5.22. The Bertz CT molecular complexity index is 605. The first-order valence-electron chi connectivity index (χ1n) is 8.72. The molecule has 4 rings (SSSR count). The van der Waals surface area contributed by atoms with Gasteiger partial charge in [0.1, 0.15) is 0 Å². The fraction of sp³-hybridized carbons (Fsp3) is 0.400. The Morgan fingerprint density at radius 2 is 1.00 bits per heavy atom. The van der Waals surface area contributed by atoms with Crippen molar-refractivity contribution in [3.63, 3.8) is 0 Å². The van der Waals surface area contributed by atoms with Crippen LogP contribution < -0.4 is 0 Å². The highest BCUT2D eigenvalue weighted by atomic mass is 32.2. The van der Waals surface area contributed by atoms with E-state index in [9.17, 15) is 0 Å². The highest BCUT2D eigenvalue weighted by Crippen LogP contribution is 2.32. The van der Waals surface area contributed by atoms with Gasteiger partial charge in [0.05, 0.1) is 12.2 Å². The van der Waals surface area contributed by atoms with Crippen molar-refractivity contribution in [2.75, 3.05) is 24.7 Å². The largest absolute Gasteiger partial charge is 0.377 e. The topological polar surface area (TPSA) is 18.5 Å². The zero-order chi connectivity index (χ0) is 16.9. The summed E-state index contributed by atoms with van der Waals surface area (Å²) < 4.78 is 10.9. The normalized spacial score (nSPS) is 22.2. The summed E-state index contributed by atoms with van der Waals surface area (Å²) in [5, 5.41) is 0. The number of benzene rings is 2. The lowest BCUT2D eigenvalue weighted by molar-refractivity contribution is -0.0344. The zero-order valence-corrected chi connectivity index (χ0v) is 16.5. The van der Waals surface area contributed by atoms with E-state index in [-0.39, 0.29) is 0 Å². The molecular formula is C20H22O2S3. The Morgan fingerprint density at radius 1 is 0.640 bits per heavy atom. The van der Waals surface area contributed by atoms with Crippen LogP contribution in [0.5, 0.6) is 0 Å². The van der Waals surface area contributed by atoms with Crippen molar-refractivity contribution in [1.29, 1.82) is 0 Å². The molecule has 0 saturated carbocycles. The summed E-state index contributed by atoms with van der Waals surface area (Å²) >= 11 is 5.59. The van der Waals surface area contributed by atoms with Crippen LogP contribution in [-0.2, 0) is 9.47 Å². The molecule has 0 radical (unpaired) electrons. The lowest BCUT2D eigenvalue weighted by Crippen LogP contribution is -2.28. The maximum Gasteiger partial charge on any atom is 0.0690 e. The van der Waals surface area contributed by atoms with E-state index in [1.165, 1.54) is 32.4 Å². The molecule has 2 aromatic carbocycles. The van der Waals surface area contributed by atoms with Gasteiger partial charge in [0, 0.05) is 44.3 Å². The first-order valence-corrected chi connectivity index (χ1v) is 11.5. The van der Waals surface area contributed by atoms with Gasteiger partial charge >= 0.3 is 0 Å². The predicted octanol–water partition coefficient (Wildman–Crippen LogP) is 5.60. The first kappa shape index (κ1) is 17.8. The minimum Gasteiger partial charge on any atom is -0.377 e. The Morgan fingerprint density at radius 3 is 1.32 bits per heavy atom. The van der Waals surface area contributed by atoms with Crippen LogP contribution in [0.4, 0.5) is 0 Å².